The first kappa shape index (κ1) is 18.0. The summed E-state index contributed by atoms with van der Waals surface area (Å²) in [5.41, 5.74) is 0.764. The van der Waals surface area contributed by atoms with Crippen LogP contribution in [0.1, 0.15) is 31.9 Å². The van der Waals surface area contributed by atoms with Crippen molar-refractivity contribution in [1.29, 1.82) is 0 Å². The zero-order valence-electron chi connectivity index (χ0n) is 12.6. The van der Waals surface area contributed by atoms with Crippen molar-refractivity contribution in [2.75, 3.05) is 13.1 Å². The van der Waals surface area contributed by atoms with Crippen LogP contribution in [0.3, 0.4) is 0 Å². The van der Waals surface area contributed by atoms with Crippen molar-refractivity contribution in [1.82, 2.24) is 16.0 Å². The fourth-order valence-electron chi connectivity index (χ4n) is 1.92. The minimum absolute atomic E-state index is 0.0972. The van der Waals surface area contributed by atoms with Gasteiger partial charge in [0.15, 0.2) is 0 Å². The third-order valence-electron chi connectivity index (χ3n) is 2.84. The van der Waals surface area contributed by atoms with Crippen molar-refractivity contribution in [2.24, 2.45) is 0 Å². The van der Waals surface area contributed by atoms with Crippen molar-refractivity contribution in [3.63, 3.8) is 0 Å². The maximum atomic E-state index is 11.9. The molecule has 0 fully saturated rings. The van der Waals surface area contributed by atoms with Crippen LogP contribution in [0.25, 0.3) is 0 Å². The van der Waals surface area contributed by atoms with Gasteiger partial charge in [-0.2, -0.15) is 0 Å². The van der Waals surface area contributed by atoms with Crippen LogP contribution in [0, 0.1) is 0 Å². The van der Waals surface area contributed by atoms with E-state index in [2.05, 4.69) is 16.0 Å². The largest absolute Gasteiger partial charge is 0.355 e. The summed E-state index contributed by atoms with van der Waals surface area (Å²) >= 11 is 5.94. The van der Waals surface area contributed by atoms with Gasteiger partial charge in [-0.15, -0.1) is 0 Å². The van der Waals surface area contributed by atoms with Gasteiger partial charge in [-0.05, 0) is 17.7 Å². The number of benzene rings is 1. The number of hydrogen-bond acceptors (Lipinski definition) is 3. The van der Waals surface area contributed by atoms with E-state index in [0.717, 1.165) is 5.56 Å². The van der Waals surface area contributed by atoms with Gasteiger partial charge in [-0.1, -0.05) is 23.7 Å². The molecule has 0 spiro atoms. The van der Waals surface area contributed by atoms with Crippen molar-refractivity contribution in [3.8, 4) is 0 Å². The average Bonchev–Trinajstić information content (AvgIpc) is 2.42. The highest BCUT2D eigenvalue weighted by Crippen LogP contribution is 2.20. The van der Waals surface area contributed by atoms with Gasteiger partial charge in [-0.3, -0.25) is 14.4 Å². The summed E-state index contributed by atoms with van der Waals surface area (Å²) in [6.07, 6.45) is 0.0972. The molecule has 3 N–H and O–H groups in total. The quantitative estimate of drug-likeness (QED) is 0.657. The van der Waals surface area contributed by atoms with E-state index >= 15 is 0 Å². The van der Waals surface area contributed by atoms with Crippen LogP contribution in [-0.2, 0) is 14.4 Å². The Hall–Kier alpha value is -2.08. The third-order valence-corrected chi connectivity index (χ3v) is 3.07. The second-order valence-electron chi connectivity index (χ2n) is 4.85. The van der Waals surface area contributed by atoms with Crippen LogP contribution >= 0.6 is 11.6 Å². The Kier molecular flexibility index (Phi) is 7.39. The van der Waals surface area contributed by atoms with E-state index in [1.54, 1.807) is 24.3 Å². The van der Waals surface area contributed by atoms with Gasteiger partial charge < -0.3 is 16.0 Å². The topological polar surface area (TPSA) is 87.3 Å². The molecule has 1 aromatic carbocycles. The first-order chi connectivity index (χ1) is 10.4. The Morgan fingerprint density at radius 2 is 1.77 bits per heavy atom. The fourth-order valence-corrected chi connectivity index (χ4v) is 2.12. The fraction of sp³-hybridized carbons (Fsp3) is 0.400. The van der Waals surface area contributed by atoms with Crippen LogP contribution in [0.2, 0.25) is 5.02 Å². The molecule has 6 nitrogen and oxygen atoms in total. The summed E-state index contributed by atoms with van der Waals surface area (Å²) in [4.78, 5) is 34.0. The van der Waals surface area contributed by atoms with Crippen LogP contribution in [-0.4, -0.2) is 30.8 Å². The molecule has 0 radical (unpaired) electrons. The van der Waals surface area contributed by atoms with E-state index in [1.165, 1.54) is 13.8 Å². The molecule has 0 heterocycles. The van der Waals surface area contributed by atoms with Crippen LogP contribution in [0.15, 0.2) is 24.3 Å². The zero-order valence-corrected chi connectivity index (χ0v) is 13.4. The molecule has 7 heteroatoms. The SMILES string of the molecule is CC(=O)NCCNC(=O)CC(NC(C)=O)c1cccc(Cl)c1. The third kappa shape index (κ3) is 7.08. The molecule has 0 aliphatic rings. The lowest BCUT2D eigenvalue weighted by atomic mass is 10.0. The number of carbonyl (C=O) groups excluding carboxylic acids is 3. The molecule has 1 unspecified atom stereocenters. The molecule has 0 saturated carbocycles. The Balaban J connectivity index is 2.59. The molecule has 0 bridgehead atoms. The molecule has 120 valence electrons. The standard InChI is InChI=1S/C15H20ClN3O3/c1-10(20)17-6-7-18-15(22)9-14(19-11(2)21)12-4-3-5-13(16)8-12/h3-5,8,14H,6-7,9H2,1-2H3,(H,17,20)(H,18,22)(H,19,21). The van der Waals surface area contributed by atoms with Gasteiger partial charge in [0.05, 0.1) is 12.5 Å². The van der Waals surface area contributed by atoms with E-state index < -0.39 is 6.04 Å². The lowest BCUT2D eigenvalue weighted by Crippen LogP contribution is -2.36. The Bertz CT molecular complexity index is 549. The maximum absolute atomic E-state index is 11.9. The summed E-state index contributed by atoms with van der Waals surface area (Å²) in [5, 5.41) is 8.55. The van der Waals surface area contributed by atoms with E-state index in [0.29, 0.717) is 18.1 Å². The number of carbonyl (C=O) groups is 3. The molecular formula is C15H20ClN3O3. The average molecular weight is 326 g/mol. The van der Waals surface area contributed by atoms with Gasteiger partial charge >= 0.3 is 0 Å². The maximum Gasteiger partial charge on any atom is 0.222 e. The molecule has 3 amide bonds. The predicted molar refractivity (Wildman–Crippen MR) is 84.3 cm³/mol. The highest BCUT2D eigenvalue weighted by molar-refractivity contribution is 6.30. The second-order valence-corrected chi connectivity index (χ2v) is 5.28. The molecule has 0 aliphatic heterocycles. The number of amides is 3. The Labute approximate surface area is 134 Å². The predicted octanol–water partition coefficient (Wildman–Crippen LogP) is 1.16. The van der Waals surface area contributed by atoms with E-state index in [4.69, 9.17) is 11.6 Å². The van der Waals surface area contributed by atoms with Crippen molar-refractivity contribution in [2.45, 2.75) is 26.3 Å². The summed E-state index contributed by atoms with van der Waals surface area (Å²) in [6, 6.07) is 6.56. The van der Waals surface area contributed by atoms with Crippen molar-refractivity contribution < 1.29 is 14.4 Å². The summed E-state index contributed by atoms with van der Waals surface area (Å²) in [7, 11) is 0. The molecule has 1 atom stereocenters. The molecule has 0 aromatic heterocycles. The first-order valence-corrected chi connectivity index (χ1v) is 7.30. The van der Waals surface area contributed by atoms with Crippen molar-refractivity contribution in [3.05, 3.63) is 34.9 Å². The number of halogens is 1. The lowest BCUT2D eigenvalue weighted by molar-refractivity contribution is -0.123. The molecule has 1 aromatic rings. The molecule has 0 saturated heterocycles. The van der Waals surface area contributed by atoms with E-state index in [9.17, 15) is 14.4 Å². The van der Waals surface area contributed by atoms with E-state index in [-0.39, 0.29) is 24.1 Å². The highest BCUT2D eigenvalue weighted by Gasteiger charge is 2.17. The number of nitrogens with one attached hydrogen (secondary N) is 3. The molecule has 1 rings (SSSR count). The smallest absolute Gasteiger partial charge is 0.222 e. The molecule has 22 heavy (non-hydrogen) atoms. The number of rotatable bonds is 7. The van der Waals surface area contributed by atoms with Gasteiger partial charge in [0.1, 0.15) is 0 Å². The summed E-state index contributed by atoms with van der Waals surface area (Å²) in [5.74, 6) is -0.593. The summed E-state index contributed by atoms with van der Waals surface area (Å²) in [6.45, 7) is 3.50. The van der Waals surface area contributed by atoms with E-state index in [1.807, 2.05) is 0 Å². The van der Waals surface area contributed by atoms with Crippen LogP contribution in [0.5, 0.6) is 0 Å². The minimum Gasteiger partial charge on any atom is -0.355 e. The Morgan fingerprint density at radius 3 is 2.36 bits per heavy atom. The molecular weight excluding hydrogens is 306 g/mol. The van der Waals surface area contributed by atoms with Gasteiger partial charge in [-0.25, -0.2) is 0 Å². The van der Waals surface area contributed by atoms with Gasteiger partial charge in [0.25, 0.3) is 0 Å². The van der Waals surface area contributed by atoms with Crippen LogP contribution < -0.4 is 16.0 Å². The first-order valence-electron chi connectivity index (χ1n) is 6.92. The van der Waals surface area contributed by atoms with Gasteiger partial charge in [0.2, 0.25) is 17.7 Å². The second kappa shape index (κ2) is 9.04. The number of hydrogen-bond donors (Lipinski definition) is 3. The highest BCUT2D eigenvalue weighted by atomic mass is 35.5. The van der Waals surface area contributed by atoms with Crippen molar-refractivity contribution >= 4 is 29.3 Å². The monoisotopic (exact) mass is 325 g/mol. The lowest BCUT2D eigenvalue weighted by Gasteiger charge is -2.18. The Morgan fingerprint density at radius 1 is 1.09 bits per heavy atom. The normalized spacial score (nSPS) is 11.4. The van der Waals surface area contributed by atoms with Crippen LogP contribution in [0.4, 0.5) is 0 Å². The summed E-state index contributed by atoms with van der Waals surface area (Å²) < 4.78 is 0. The minimum atomic E-state index is -0.447. The van der Waals surface area contributed by atoms with Gasteiger partial charge in [0, 0.05) is 32.0 Å². The molecule has 0 aliphatic carbocycles. The zero-order chi connectivity index (χ0) is 16.5.